The Morgan fingerprint density at radius 1 is 1.00 bits per heavy atom. The molecule has 1 saturated heterocycles. The Hall–Kier alpha value is -0.120. The molecule has 0 radical (unpaired) electrons. The molecule has 18 heavy (non-hydrogen) atoms. The second kappa shape index (κ2) is 10.8. The summed E-state index contributed by atoms with van der Waals surface area (Å²) in [6.45, 7) is 7.05. The molecule has 1 atom stereocenters. The maximum Gasteiger partial charge on any atom is 0.0594 e. The van der Waals surface area contributed by atoms with Crippen molar-refractivity contribution in [2.24, 2.45) is 0 Å². The second-order valence-corrected chi connectivity index (χ2v) is 5.45. The molecular weight excluding hydrogens is 226 g/mol. The van der Waals surface area contributed by atoms with Gasteiger partial charge in [0.2, 0.25) is 0 Å². The summed E-state index contributed by atoms with van der Waals surface area (Å²) in [5, 5.41) is 9.92. The predicted molar refractivity (Wildman–Crippen MR) is 75.9 cm³/mol. The highest BCUT2D eigenvalue weighted by molar-refractivity contribution is 4.65. The summed E-state index contributed by atoms with van der Waals surface area (Å²) >= 11 is 0. The van der Waals surface area contributed by atoms with Crippen molar-refractivity contribution in [1.82, 2.24) is 4.90 Å². The summed E-state index contributed by atoms with van der Waals surface area (Å²) in [7, 11) is 0. The van der Waals surface area contributed by atoms with Crippen LogP contribution in [0.5, 0.6) is 0 Å². The molecule has 0 aromatic heterocycles. The van der Waals surface area contributed by atoms with E-state index >= 15 is 0 Å². The number of aliphatic hydroxyl groups is 1. The Kier molecular flexibility index (Phi) is 9.54. The molecule has 1 rings (SSSR count). The third kappa shape index (κ3) is 8.06. The maximum absolute atomic E-state index is 9.92. The molecule has 1 unspecified atom stereocenters. The smallest absolute Gasteiger partial charge is 0.0594 e. The van der Waals surface area contributed by atoms with E-state index in [9.17, 15) is 5.11 Å². The van der Waals surface area contributed by atoms with Crippen LogP contribution in [0.3, 0.4) is 0 Å². The van der Waals surface area contributed by atoms with Crippen LogP contribution in [0.4, 0.5) is 0 Å². The van der Waals surface area contributed by atoms with Crippen LogP contribution in [0.15, 0.2) is 0 Å². The van der Waals surface area contributed by atoms with E-state index in [2.05, 4.69) is 11.8 Å². The molecular formula is C15H31NO2. The van der Waals surface area contributed by atoms with Gasteiger partial charge < -0.3 is 9.84 Å². The minimum atomic E-state index is -0.0981. The van der Waals surface area contributed by atoms with E-state index in [1.807, 2.05) is 0 Å². The van der Waals surface area contributed by atoms with Gasteiger partial charge in [-0.1, -0.05) is 45.4 Å². The number of nitrogens with zero attached hydrogens (tertiary/aromatic N) is 1. The Morgan fingerprint density at radius 2 is 1.67 bits per heavy atom. The molecule has 3 nitrogen and oxygen atoms in total. The first-order chi connectivity index (χ1) is 8.83. The third-order valence-corrected chi connectivity index (χ3v) is 3.77. The fourth-order valence-corrected chi connectivity index (χ4v) is 2.46. The van der Waals surface area contributed by atoms with Crippen molar-refractivity contribution >= 4 is 0 Å². The number of ether oxygens (including phenoxy) is 1. The lowest BCUT2D eigenvalue weighted by Gasteiger charge is -2.27. The van der Waals surface area contributed by atoms with Gasteiger partial charge in [0, 0.05) is 19.6 Å². The molecule has 0 aliphatic carbocycles. The number of unbranched alkanes of at least 4 members (excludes halogenated alkanes) is 5. The minimum Gasteiger partial charge on any atom is -0.393 e. The van der Waals surface area contributed by atoms with Gasteiger partial charge in [0.05, 0.1) is 19.3 Å². The van der Waals surface area contributed by atoms with Crippen LogP contribution in [0.25, 0.3) is 0 Å². The Labute approximate surface area is 113 Å². The lowest BCUT2D eigenvalue weighted by molar-refractivity contribution is 0.0293. The molecule has 1 fully saturated rings. The fourth-order valence-electron chi connectivity index (χ4n) is 2.46. The van der Waals surface area contributed by atoms with Gasteiger partial charge in [-0.3, -0.25) is 4.90 Å². The molecule has 0 aromatic carbocycles. The van der Waals surface area contributed by atoms with Crippen LogP contribution < -0.4 is 0 Å². The quantitative estimate of drug-likeness (QED) is 0.611. The standard InChI is InChI=1S/C15H31NO2/c1-2-3-4-5-6-7-8-15(17)9-10-16-11-13-18-14-12-16/h15,17H,2-14H2,1H3. The lowest BCUT2D eigenvalue weighted by atomic mass is 10.1. The summed E-state index contributed by atoms with van der Waals surface area (Å²) < 4.78 is 5.31. The van der Waals surface area contributed by atoms with E-state index in [0.29, 0.717) is 0 Å². The van der Waals surface area contributed by atoms with E-state index in [4.69, 9.17) is 4.74 Å². The minimum absolute atomic E-state index is 0.0981. The maximum atomic E-state index is 9.92. The molecule has 0 spiro atoms. The van der Waals surface area contributed by atoms with E-state index < -0.39 is 0 Å². The first-order valence-electron chi connectivity index (χ1n) is 7.81. The van der Waals surface area contributed by atoms with Gasteiger partial charge in [-0.2, -0.15) is 0 Å². The van der Waals surface area contributed by atoms with Gasteiger partial charge in [-0.05, 0) is 12.8 Å². The van der Waals surface area contributed by atoms with E-state index in [1.165, 1.54) is 38.5 Å². The third-order valence-electron chi connectivity index (χ3n) is 3.77. The highest BCUT2D eigenvalue weighted by Gasteiger charge is 2.12. The Balaban J connectivity index is 1.88. The van der Waals surface area contributed by atoms with Gasteiger partial charge in [0.15, 0.2) is 0 Å². The summed E-state index contributed by atoms with van der Waals surface area (Å²) in [6, 6.07) is 0. The van der Waals surface area contributed by atoms with Crippen molar-refractivity contribution in [2.45, 2.75) is 64.4 Å². The summed E-state index contributed by atoms with van der Waals surface area (Å²) in [6.07, 6.45) is 9.65. The molecule has 0 saturated carbocycles. The topological polar surface area (TPSA) is 32.7 Å². The van der Waals surface area contributed by atoms with Crippen molar-refractivity contribution in [3.8, 4) is 0 Å². The number of morpholine rings is 1. The molecule has 1 aliphatic heterocycles. The molecule has 0 bridgehead atoms. The molecule has 0 aromatic rings. The summed E-state index contributed by atoms with van der Waals surface area (Å²) in [4.78, 5) is 2.40. The zero-order valence-corrected chi connectivity index (χ0v) is 12.1. The average molecular weight is 257 g/mol. The Bertz CT molecular complexity index is 181. The average Bonchev–Trinajstić information content (AvgIpc) is 2.41. The van der Waals surface area contributed by atoms with Crippen LogP contribution in [-0.4, -0.2) is 49.0 Å². The van der Waals surface area contributed by atoms with Crippen LogP contribution >= 0.6 is 0 Å². The van der Waals surface area contributed by atoms with E-state index in [-0.39, 0.29) is 6.10 Å². The van der Waals surface area contributed by atoms with Gasteiger partial charge in [-0.15, -0.1) is 0 Å². The van der Waals surface area contributed by atoms with Crippen LogP contribution in [-0.2, 0) is 4.74 Å². The number of hydrogen-bond acceptors (Lipinski definition) is 3. The molecule has 108 valence electrons. The number of aliphatic hydroxyl groups excluding tert-OH is 1. The normalized spacial score (nSPS) is 19.0. The van der Waals surface area contributed by atoms with Crippen LogP contribution in [0.1, 0.15) is 58.3 Å². The van der Waals surface area contributed by atoms with Crippen molar-refractivity contribution in [1.29, 1.82) is 0 Å². The van der Waals surface area contributed by atoms with E-state index in [1.54, 1.807) is 0 Å². The van der Waals surface area contributed by atoms with Crippen molar-refractivity contribution in [3.63, 3.8) is 0 Å². The predicted octanol–water partition coefficient (Wildman–Crippen LogP) is 2.82. The van der Waals surface area contributed by atoms with Crippen LogP contribution in [0.2, 0.25) is 0 Å². The first kappa shape index (κ1) is 15.9. The van der Waals surface area contributed by atoms with Crippen molar-refractivity contribution in [3.05, 3.63) is 0 Å². The molecule has 3 heteroatoms. The number of rotatable bonds is 10. The molecule has 1 N–H and O–H groups in total. The second-order valence-electron chi connectivity index (χ2n) is 5.45. The monoisotopic (exact) mass is 257 g/mol. The van der Waals surface area contributed by atoms with E-state index in [0.717, 1.165) is 45.7 Å². The highest BCUT2D eigenvalue weighted by Crippen LogP contribution is 2.11. The van der Waals surface area contributed by atoms with Gasteiger partial charge >= 0.3 is 0 Å². The van der Waals surface area contributed by atoms with Crippen molar-refractivity contribution in [2.75, 3.05) is 32.8 Å². The van der Waals surface area contributed by atoms with Gasteiger partial charge in [-0.25, -0.2) is 0 Å². The molecule has 0 amide bonds. The highest BCUT2D eigenvalue weighted by atomic mass is 16.5. The largest absolute Gasteiger partial charge is 0.393 e. The zero-order chi connectivity index (χ0) is 13.1. The Morgan fingerprint density at radius 3 is 2.39 bits per heavy atom. The first-order valence-corrected chi connectivity index (χ1v) is 7.81. The summed E-state index contributed by atoms with van der Waals surface area (Å²) in [5.41, 5.74) is 0. The summed E-state index contributed by atoms with van der Waals surface area (Å²) in [5.74, 6) is 0. The lowest BCUT2D eigenvalue weighted by Crippen LogP contribution is -2.37. The van der Waals surface area contributed by atoms with Gasteiger partial charge in [0.1, 0.15) is 0 Å². The molecule has 1 heterocycles. The number of hydrogen-bond donors (Lipinski definition) is 1. The van der Waals surface area contributed by atoms with Crippen molar-refractivity contribution < 1.29 is 9.84 Å². The van der Waals surface area contributed by atoms with Gasteiger partial charge in [0.25, 0.3) is 0 Å². The molecule has 1 aliphatic rings. The zero-order valence-electron chi connectivity index (χ0n) is 12.1. The SMILES string of the molecule is CCCCCCCCC(O)CCN1CCOCC1. The van der Waals surface area contributed by atoms with Crippen LogP contribution in [0, 0.1) is 0 Å². The fraction of sp³-hybridized carbons (Fsp3) is 1.00.